The number of carboxylic acids is 1. The van der Waals surface area contributed by atoms with E-state index in [1.54, 1.807) is 0 Å². The number of nitrogens with zero attached hydrogens (tertiary/aromatic N) is 1. The second-order valence-electron chi connectivity index (χ2n) is 6.01. The molecule has 0 aromatic heterocycles. The van der Waals surface area contributed by atoms with Gasteiger partial charge in [0.15, 0.2) is 0 Å². The maximum absolute atomic E-state index is 11.8. The van der Waals surface area contributed by atoms with Crippen LogP contribution in [0.4, 0.5) is 0 Å². The van der Waals surface area contributed by atoms with Crippen molar-refractivity contribution in [2.24, 2.45) is 5.73 Å². The van der Waals surface area contributed by atoms with E-state index in [0.29, 0.717) is 26.1 Å². The van der Waals surface area contributed by atoms with E-state index >= 15 is 0 Å². The Bertz CT molecular complexity index is 560. The van der Waals surface area contributed by atoms with Gasteiger partial charge in [-0.05, 0) is 30.5 Å². The van der Waals surface area contributed by atoms with Gasteiger partial charge in [-0.25, -0.2) is 0 Å². The van der Waals surface area contributed by atoms with Gasteiger partial charge >= 0.3 is 5.97 Å². The van der Waals surface area contributed by atoms with Crippen LogP contribution in [0.3, 0.4) is 0 Å². The van der Waals surface area contributed by atoms with E-state index in [1.165, 1.54) is 0 Å². The zero-order chi connectivity index (χ0) is 17.2. The third kappa shape index (κ3) is 5.80. The Morgan fingerprint density at radius 2 is 1.42 bits per heavy atom. The van der Waals surface area contributed by atoms with E-state index in [0.717, 1.165) is 24.0 Å². The van der Waals surface area contributed by atoms with Gasteiger partial charge in [0.1, 0.15) is 6.04 Å². The Morgan fingerprint density at radius 3 is 1.83 bits per heavy atom. The molecule has 4 heteroatoms. The topological polar surface area (TPSA) is 66.6 Å². The van der Waals surface area contributed by atoms with Gasteiger partial charge in [0.05, 0.1) is 0 Å². The fraction of sp³-hybridized carbons (Fsp3) is 0.350. The van der Waals surface area contributed by atoms with Crippen LogP contribution in [-0.2, 0) is 17.9 Å². The summed E-state index contributed by atoms with van der Waals surface area (Å²) in [6.45, 7) is 1.84. The van der Waals surface area contributed by atoms with Gasteiger partial charge < -0.3 is 10.8 Å². The lowest BCUT2D eigenvalue weighted by Gasteiger charge is -2.29. The SMILES string of the molecule is NCCCC[C@@H](C(=O)O)N(Cc1ccccc1)Cc1ccccc1. The monoisotopic (exact) mass is 326 g/mol. The molecule has 0 saturated heterocycles. The van der Waals surface area contributed by atoms with Crippen molar-refractivity contribution in [2.75, 3.05) is 6.54 Å². The lowest BCUT2D eigenvalue weighted by molar-refractivity contribution is -0.144. The molecule has 0 aliphatic carbocycles. The summed E-state index contributed by atoms with van der Waals surface area (Å²) in [5, 5.41) is 9.73. The lowest BCUT2D eigenvalue weighted by Crippen LogP contribution is -2.40. The van der Waals surface area contributed by atoms with Crippen molar-refractivity contribution in [1.29, 1.82) is 0 Å². The molecule has 4 nitrogen and oxygen atoms in total. The first kappa shape index (κ1) is 18.2. The highest BCUT2D eigenvalue weighted by molar-refractivity contribution is 5.73. The lowest BCUT2D eigenvalue weighted by atomic mass is 10.0. The van der Waals surface area contributed by atoms with Crippen LogP contribution in [0, 0.1) is 0 Å². The van der Waals surface area contributed by atoms with Crippen molar-refractivity contribution >= 4 is 5.97 Å². The molecule has 128 valence electrons. The molecule has 2 rings (SSSR count). The van der Waals surface area contributed by atoms with Crippen LogP contribution < -0.4 is 5.73 Å². The van der Waals surface area contributed by atoms with E-state index in [9.17, 15) is 9.90 Å². The maximum Gasteiger partial charge on any atom is 0.320 e. The Kier molecular flexibility index (Phi) is 7.46. The second-order valence-corrected chi connectivity index (χ2v) is 6.01. The van der Waals surface area contributed by atoms with E-state index in [1.807, 2.05) is 65.6 Å². The molecule has 0 bridgehead atoms. The molecule has 3 N–H and O–H groups in total. The quantitative estimate of drug-likeness (QED) is 0.658. The number of carbonyl (C=O) groups is 1. The molecular formula is C20H26N2O2. The summed E-state index contributed by atoms with van der Waals surface area (Å²) in [5.41, 5.74) is 7.80. The maximum atomic E-state index is 11.8. The zero-order valence-corrected chi connectivity index (χ0v) is 14.0. The number of aliphatic carboxylic acids is 1. The molecule has 0 spiro atoms. The van der Waals surface area contributed by atoms with Gasteiger partial charge in [-0.2, -0.15) is 0 Å². The summed E-state index contributed by atoms with van der Waals surface area (Å²) in [6.07, 6.45) is 2.30. The smallest absolute Gasteiger partial charge is 0.320 e. The molecule has 0 fully saturated rings. The Balaban J connectivity index is 2.17. The first-order valence-corrected chi connectivity index (χ1v) is 8.45. The summed E-state index contributed by atoms with van der Waals surface area (Å²) in [5.74, 6) is -0.765. The molecular weight excluding hydrogens is 300 g/mol. The number of nitrogens with two attached hydrogens (primary N) is 1. The van der Waals surface area contributed by atoms with Crippen LogP contribution in [0.5, 0.6) is 0 Å². The third-order valence-corrected chi connectivity index (χ3v) is 4.11. The number of hydrogen-bond acceptors (Lipinski definition) is 3. The van der Waals surface area contributed by atoms with Crippen LogP contribution in [-0.4, -0.2) is 28.6 Å². The molecule has 0 unspecified atom stereocenters. The average Bonchev–Trinajstić information content (AvgIpc) is 2.60. The van der Waals surface area contributed by atoms with E-state index in [2.05, 4.69) is 0 Å². The van der Waals surface area contributed by atoms with Crippen LogP contribution in [0.15, 0.2) is 60.7 Å². The number of hydrogen-bond donors (Lipinski definition) is 2. The van der Waals surface area contributed by atoms with Gasteiger partial charge in [-0.1, -0.05) is 67.1 Å². The molecule has 0 radical (unpaired) electrons. The minimum absolute atomic E-state index is 0.503. The Morgan fingerprint density at radius 1 is 0.917 bits per heavy atom. The van der Waals surface area contributed by atoms with E-state index < -0.39 is 12.0 Å². The van der Waals surface area contributed by atoms with Crippen molar-refractivity contribution in [3.63, 3.8) is 0 Å². The zero-order valence-electron chi connectivity index (χ0n) is 14.0. The van der Waals surface area contributed by atoms with Crippen molar-refractivity contribution in [3.8, 4) is 0 Å². The predicted molar refractivity (Wildman–Crippen MR) is 96.5 cm³/mol. The molecule has 2 aromatic rings. The van der Waals surface area contributed by atoms with Crippen LogP contribution in [0.1, 0.15) is 30.4 Å². The van der Waals surface area contributed by atoms with Crippen LogP contribution in [0.25, 0.3) is 0 Å². The number of benzene rings is 2. The fourth-order valence-electron chi connectivity index (χ4n) is 2.86. The molecule has 2 aromatic carbocycles. The Labute approximate surface area is 143 Å². The number of unbranched alkanes of at least 4 members (excludes halogenated alkanes) is 1. The van der Waals surface area contributed by atoms with Crippen LogP contribution >= 0.6 is 0 Å². The number of rotatable bonds is 10. The predicted octanol–water partition coefficient (Wildman–Crippen LogP) is 3.27. The highest BCUT2D eigenvalue weighted by Crippen LogP contribution is 2.17. The second kappa shape index (κ2) is 9.85. The standard InChI is InChI=1S/C20H26N2O2/c21-14-8-7-13-19(20(23)24)22(15-17-9-3-1-4-10-17)16-18-11-5-2-6-12-18/h1-6,9-12,19H,7-8,13-16,21H2,(H,23,24)/t19-/m0/s1. The largest absolute Gasteiger partial charge is 0.480 e. The molecule has 0 amide bonds. The first-order chi connectivity index (χ1) is 11.7. The Hall–Kier alpha value is -2.17. The van der Waals surface area contributed by atoms with Gasteiger partial charge in [0.25, 0.3) is 0 Å². The van der Waals surface area contributed by atoms with Crippen molar-refractivity contribution in [1.82, 2.24) is 4.90 Å². The van der Waals surface area contributed by atoms with Gasteiger partial charge in [-0.15, -0.1) is 0 Å². The van der Waals surface area contributed by atoms with Gasteiger partial charge in [0.2, 0.25) is 0 Å². The molecule has 1 atom stereocenters. The summed E-state index contributed by atoms with van der Waals surface area (Å²) < 4.78 is 0. The minimum Gasteiger partial charge on any atom is -0.480 e. The van der Waals surface area contributed by atoms with Gasteiger partial charge in [-0.3, -0.25) is 9.69 Å². The minimum atomic E-state index is -0.765. The summed E-state index contributed by atoms with van der Waals surface area (Å²) in [6, 6.07) is 19.5. The summed E-state index contributed by atoms with van der Waals surface area (Å²) in [7, 11) is 0. The third-order valence-electron chi connectivity index (χ3n) is 4.11. The van der Waals surface area contributed by atoms with E-state index in [4.69, 9.17) is 5.73 Å². The average molecular weight is 326 g/mol. The highest BCUT2D eigenvalue weighted by Gasteiger charge is 2.25. The van der Waals surface area contributed by atoms with Crippen molar-refractivity contribution < 1.29 is 9.90 Å². The molecule has 0 aliphatic heterocycles. The summed E-state index contributed by atoms with van der Waals surface area (Å²) in [4.78, 5) is 13.9. The van der Waals surface area contributed by atoms with Crippen LogP contribution in [0.2, 0.25) is 0 Å². The van der Waals surface area contributed by atoms with E-state index in [-0.39, 0.29) is 0 Å². The van der Waals surface area contributed by atoms with Crippen molar-refractivity contribution in [2.45, 2.75) is 38.4 Å². The fourth-order valence-corrected chi connectivity index (χ4v) is 2.86. The van der Waals surface area contributed by atoms with Gasteiger partial charge in [0, 0.05) is 13.1 Å². The number of carboxylic acid groups (broad SMARTS) is 1. The normalized spacial score (nSPS) is 12.2. The highest BCUT2D eigenvalue weighted by atomic mass is 16.4. The molecule has 24 heavy (non-hydrogen) atoms. The molecule has 0 aliphatic rings. The molecule has 0 heterocycles. The first-order valence-electron chi connectivity index (χ1n) is 8.45. The van der Waals surface area contributed by atoms with Crippen molar-refractivity contribution in [3.05, 3.63) is 71.8 Å². The molecule has 0 saturated carbocycles. The summed E-state index contributed by atoms with van der Waals surface area (Å²) >= 11 is 0.